The fourth-order valence-corrected chi connectivity index (χ4v) is 3.75. The number of nitrogens with zero attached hydrogens (tertiary/aromatic N) is 1. The van der Waals surface area contributed by atoms with E-state index >= 15 is 0 Å². The Morgan fingerprint density at radius 3 is 3.00 bits per heavy atom. The summed E-state index contributed by atoms with van der Waals surface area (Å²) in [6, 6.07) is 8.28. The van der Waals surface area contributed by atoms with Gasteiger partial charge in [-0.15, -0.1) is 0 Å². The van der Waals surface area contributed by atoms with Crippen LogP contribution in [0.4, 0.5) is 5.69 Å². The molecule has 1 aromatic carbocycles. The van der Waals surface area contributed by atoms with E-state index in [0.717, 1.165) is 29.5 Å². The Bertz CT molecular complexity index is 607. The molecular formula is C17H22BrN3O2. The molecule has 2 N–H and O–H groups in total. The summed E-state index contributed by atoms with van der Waals surface area (Å²) in [5.74, 6) is -0.233. The lowest BCUT2D eigenvalue weighted by Crippen LogP contribution is -2.48. The molecule has 3 rings (SSSR count). The predicted molar refractivity (Wildman–Crippen MR) is 93.2 cm³/mol. The summed E-state index contributed by atoms with van der Waals surface area (Å²) in [4.78, 5) is 26.5. The average Bonchev–Trinajstić information content (AvgIpc) is 2.89. The normalized spacial score (nSPS) is 28.0. The standard InChI is InChI=1S/C17H22BrN3O2/c1-11-7-14(5-6-19-11)20-17(23)12-8-16(22)21(10-12)15-4-2-3-13(18)9-15/h2-4,9,11-12,14,19H,5-8,10H2,1H3,(H,20,23). The number of halogens is 1. The number of hydrogen-bond donors (Lipinski definition) is 2. The molecule has 6 heteroatoms. The van der Waals surface area contributed by atoms with Gasteiger partial charge >= 0.3 is 0 Å². The summed E-state index contributed by atoms with van der Waals surface area (Å²) in [6.45, 7) is 3.52. The van der Waals surface area contributed by atoms with Gasteiger partial charge in [0.2, 0.25) is 11.8 Å². The first-order valence-corrected chi connectivity index (χ1v) is 8.92. The molecule has 2 aliphatic rings. The fraction of sp³-hybridized carbons (Fsp3) is 0.529. The Hall–Kier alpha value is -1.40. The van der Waals surface area contributed by atoms with Crippen LogP contribution >= 0.6 is 15.9 Å². The molecule has 0 aromatic heterocycles. The number of benzene rings is 1. The van der Waals surface area contributed by atoms with Gasteiger partial charge in [-0.3, -0.25) is 9.59 Å². The van der Waals surface area contributed by atoms with Crippen molar-refractivity contribution < 1.29 is 9.59 Å². The molecule has 5 nitrogen and oxygen atoms in total. The molecule has 3 atom stereocenters. The Labute approximate surface area is 144 Å². The first kappa shape index (κ1) is 16.5. The molecule has 0 bridgehead atoms. The third-order valence-electron chi connectivity index (χ3n) is 4.59. The van der Waals surface area contributed by atoms with Crippen LogP contribution in [0.25, 0.3) is 0 Å². The zero-order valence-corrected chi connectivity index (χ0v) is 14.8. The second-order valence-corrected chi connectivity index (χ2v) is 7.39. The van der Waals surface area contributed by atoms with Crippen LogP contribution in [0.5, 0.6) is 0 Å². The van der Waals surface area contributed by atoms with Crippen molar-refractivity contribution in [3.05, 3.63) is 28.7 Å². The summed E-state index contributed by atoms with van der Waals surface area (Å²) in [5.41, 5.74) is 0.843. The molecule has 0 spiro atoms. The fourth-order valence-electron chi connectivity index (χ4n) is 3.36. The molecule has 0 radical (unpaired) electrons. The number of rotatable bonds is 3. The van der Waals surface area contributed by atoms with Crippen LogP contribution in [0, 0.1) is 5.92 Å². The van der Waals surface area contributed by atoms with E-state index < -0.39 is 0 Å². The predicted octanol–water partition coefficient (Wildman–Crippen LogP) is 2.06. The summed E-state index contributed by atoms with van der Waals surface area (Å²) >= 11 is 3.42. The highest BCUT2D eigenvalue weighted by Gasteiger charge is 2.36. The first-order valence-electron chi connectivity index (χ1n) is 8.12. The number of carbonyl (C=O) groups excluding carboxylic acids is 2. The maximum atomic E-state index is 12.5. The molecule has 0 aliphatic carbocycles. The largest absolute Gasteiger partial charge is 0.353 e. The second-order valence-electron chi connectivity index (χ2n) is 6.47. The van der Waals surface area contributed by atoms with Crippen molar-refractivity contribution in [2.75, 3.05) is 18.0 Å². The smallest absolute Gasteiger partial charge is 0.227 e. The van der Waals surface area contributed by atoms with Crippen LogP contribution in [-0.4, -0.2) is 37.0 Å². The zero-order valence-electron chi connectivity index (χ0n) is 13.2. The van der Waals surface area contributed by atoms with Crippen molar-refractivity contribution in [2.45, 2.75) is 38.3 Å². The maximum Gasteiger partial charge on any atom is 0.227 e. The van der Waals surface area contributed by atoms with E-state index in [1.54, 1.807) is 4.90 Å². The van der Waals surface area contributed by atoms with Crippen LogP contribution in [-0.2, 0) is 9.59 Å². The summed E-state index contributed by atoms with van der Waals surface area (Å²) in [5, 5.41) is 6.51. The van der Waals surface area contributed by atoms with E-state index in [1.807, 2.05) is 24.3 Å². The van der Waals surface area contributed by atoms with Crippen molar-refractivity contribution >= 4 is 33.4 Å². The van der Waals surface area contributed by atoms with Crippen molar-refractivity contribution in [3.63, 3.8) is 0 Å². The molecule has 124 valence electrons. The quantitative estimate of drug-likeness (QED) is 0.844. The number of piperidine rings is 1. The molecular weight excluding hydrogens is 358 g/mol. The summed E-state index contributed by atoms with van der Waals surface area (Å²) in [7, 11) is 0. The Kier molecular flexibility index (Phi) is 5.02. The van der Waals surface area contributed by atoms with Crippen LogP contribution in [0.1, 0.15) is 26.2 Å². The molecule has 2 saturated heterocycles. The highest BCUT2D eigenvalue weighted by Crippen LogP contribution is 2.27. The topological polar surface area (TPSA) is 61.4 Å². The average molecular weight is 380 g/mol. The lowest BCUT2D eigenvalue weighted by atomic mass is 9.99. The van der Waals surface area contributed by atoms with Crippen LogP contribution in [0.3, 0.4) is 0 Å². The molecule has 0 saturated carbocycles. The van der Waals surface area contributed by atoms with Crippen molar-refractivity contribution in [3.8, 4) is 0 Å². The molecule has 1 aromatic rings. The zero-order chi connectivity index (χ0) is 16.4. The lowest BCUT2D eigenvalue weighted by molar-refractivity contribution is -0.127. The Balaban J connectivity index is 1.61. The van der Waals surface area contributed by atoms with E-state index in [-0.39, 0.29) is 23.8 Å². The van der Waals surface area contributed by atoms with Gasteiger partial charge in [-0.05, 0) is 44.5 Å². The Morgan fingerprint density at radius 1 is 1.43 bits per heavy atom. The monoisotopic (exact) mass is 379 g/mol. The van der Waals surface area contributed by atoms with E-state index in [4.69, 9.17) is 0 Å². The molecule has 23 heavy (non-hydrogen) atoms. The van der Waals surface area contributed by atoms with Gasteiger partial charge in [-0.1, -0.05) is 22.0 Å². The number of nitrogens with one attached hydrogen (secondary N) is 2. The highest BCUT2D eigenvalue weighted by atomic mass is 79.9. The molecule has 3 unspecified atom stereocenters. The van der Waals surface area contributed by atoms with Crippen LogP contribution in [0.2, 0.25) is 0 Å². The minimum Gasteiger partial charge on any atom is -0.353 e. The summed E-state index contributed by atoms with van der Waals surface area (Å²) < 4.78 is 0.930. The minimum atomic E-state index is -0.258. The number of amides is 2. The molecule has 2 heterocycles. The highest BCUT2D eigenvalue weighted by molar-refractivity contribution is 9.10. The maximum absolute atomic E-state index is 12.5. The molecule has 2 amide bonds. The minimum absolute atomic E-state index is 0.00921. The molecule has 2 fully saturated rings. The van der Waals surface area contributed by atoms with Gasteiger partial charge in [-0.2, -0.15) is 0 Å². The van der Waals surface area contributed by atoms with E-state index in [0.29, 0.717) is 19.0 Å². The van der Waals surface area contributed by atoms with Crippen LogP contribution in [0.15, 0.2) is 28.7 Å². The van der Waals surface area contributed by atoms with Gasteiger partial charge in [0, 0.05) is 35.2 Å². The van der Waals surface area contributed by atoms with Crippen molar-refractivity contribution in [1.82, 2.24) is 10.6 Å². The first-order chi connectivity index (χ1) is 11.0. The van der Waals surface area contributed by atoms with Gasteiger partial charge < -0.3 is 15.5 Å². The molecule has 2 aliphatic heterocycles. The van der Waals surface area contributed by atoms with Crippen LogP contribution < -0.4 is 15.5 Å². The van der Waals surface area contributed by atoms with Crippen molar-refractivity contribution in [2.24, 2.45) is 5.92 Å². The number of carbonyl (C=O) groups is 2. The summed E-state index contributed by atoms with van der Waals surface area (Å²) in [6.07, 6.45) is 2.19. The Morgan fingerprint density at radius 2 is 2.26 bits per heavy atom. The van der Waals surface area contributed by atoms with Crippen molar-refractivity contribution in [1.29, 1.82) is 0 Å². The van der Waals surface area contributed by atoms with E-state index in [1.165, 1.54) is 0 Å². The number of anilines is 1. The van der Waals surface area contributed by atoms with Gasteiger partial charge in [0.15, 0.2) is 0 Å². The third-order valence-corrected chi connectivity index (χ3v) is 5.08. The number of hydrogen-bond acceptors (Lipinski definition) is 3. The third kappa shape index (κ3) is 3.93. The SMILES string of the molecule is CC1CC(NC(=O)C2CC(=O)N(c3cccc(Br)c3)C2)CCN1. The lowest BCUT2D eigenvalue weighted by Gasteiger charge is -2.29. The van der Waals surface area contributed by atoms with Gasteiger partial charge in [-0.25, -0.2) is 0 Å². The van der Waals surface area contributed by atoms with Gasteiger partial charge in [0.05, 0.1) is 5.92 Å². The van der Waals surface area contributed by atoms with E-state index in [9.17, 15) is 9.59 Å². The second kappa shape index (κ2) is 7.01. The van der Waals surface area contributed by atoms with Gasteiger partial charge in [0.25, 0.3) is 0 Å². The van der Waals surface area contributed by atoms with E-state index in [2.05, 4.69) is 33.5 Å². The van der Waals surface area contributed by atoms with Gasteiger partial charge in [0.1, 0.15) is 0 Å².